The largest absolute Gasteiger partial charge is 0.496 e. The number of aromatic nitrogens is 2. The highest BCUT2D eigenvalue weighted by atomic mass is 79.9. The molecular weight excluding hydrogens is 460 g/mol. The third-order valence-corrected chi connectivity index (χ3v) is 7.09. The summed E-state index contributed by atoms with van der Waals surface area (Å²) in [4.78, 5) is 12.3. The summed E-state index contributed by atoms with van der Waals surface area (Å²) in [5, 5.41) is 4.49. The molecule has 0 radical (unpaired) electrons. The van der Waals surface area contributed by atoms with Crippen molar-refractivity contribution in [3.63, 3.8) is 0 Å². The Bertz CT molecular complexity index is 1020. The maximum Gasteiger partial charge on any atom is 0.159 e. The molecule has 1 atom stereocenters. The zero-order valence-electron chi connectivity index (χ0n) is 17.4. The number of nitrogens with one attached hydrogen (secondary N) is 1. The molecular formula is C23H27BrN4OS. The lowest BCUT2D eigenvalue weighted by Gasteiger charge is -2.20. The Kier molecular flexibility index (Phi) is 7.12. The highest BCUT2D eigenvalue weighted by molar-refractivity contribution is 9.10. The standard InChI is InChI=1S/C23H27BrN4OS/c1-28-13-5-6-18(28)11-12-25-22-23(27-20-8-4-3-7-19(20)26-22)30-15-16-14-17(24)9-10-21(16)29-2/h3-4,7-10,14,18H,5-6,11-13,15H2,1-2H3,(H,25,26). The molecule has 158 valence electrons. The minimum absolute atomic E-state index is 0.660. The fraction of sp³-hybridized carbons (Fsp3) is 0.391. The van der Waals surface area contributed by atoms with Crippen LogP contribution < -0.4 is 10.1 Å². The van der Waals surface area contributed by atoms with Crippen LogP contribution in [0.5, 0.6) is 5.75 Å². The maximum absolute atomic E-state index is 5.53. The van der Waals surface area contributed by atoms with Crippen LogP contribution in [0, 0.1) is 0 Å². The molecule has 1 N–H and O–H groups in total. The van der Waals surface area contributed by atoms with E-state index in [1.54, 1.807) is 18.9 Å². The molecule has 3 aromatic rings. The van der Waals surface area contributed by atoms with Crippen molar-refractivity contribution >= 4 is 44.5 Å². The van der Waals surface area contributed by atoms with E-state index in [-0.39, 0.29) is 0 Å². The molecule has 0 amide bonds. The van der Waals surface area contributed by atoms with Gasteiger partial charge in [-0.25, -0.2) is 9.97 Å². The first-order valence-electron chi connectivity index (χ1n) is 10.3. The first-order valence-corrected chi connectivity index (χ1v) is 12.1. The Labute approximate surface area is 190 Å². The number of ether oxygens (including phenoxy) is 1. The molecule has 30 heavy (non-hydrogen) atoms. The molecule has 0 aliphatic carbocycles. The average molecular weight is 487 g/mol. The maximum atomic E-state index is 5.53. The van der Waals surface area contributed by atoms with Crippen molar-refractivity contribution in [1.82, 2.24) is 14.9 Å². The minimum Gasteiger partial charge on any atom is -0.496 e. The molecule has 0 saturated carbocycles. The third-order valence-electron chi connectivity index (χ3n) is 5.59. The lowest BCUT2D eigenvalue weighted by Crippen LogP contribution is -2.27. The van der Waals surface area contributed by atoms with E-state index in [0.29, 0.717) is 6.04 Å². The van der Waals surface area contributed by atoms with Crippen LogP contribution in [0.25, 0.3) is 11.0 Å². The highest BCUT2D eigenvalue weighted by Crippen LogP contribution is 2.33. The number of para-hydroxylation sites is 2. The fourth-order valence-electron chi connectivity index (χ4n) is 3.91. The van der Waals surface area contributed by atoms with Crippen LogP contribution in [0.15, 0.2) is 52.0 Å². The first-order chi connectivity index (χ1) is 14.6. The summed E-state index contributed by atoms with van der Waals surface area (Å²) in [6, 6.07) is 14.8. The molecule has 0 spiro atoms. The minimum atomic E-state index is 0.660. The van der Waals surface area contributed by atoms with Crippen molar-refractivity contribution in [3.05, 3.63) is 52.5 Å². The molecule has 5 nitrogen and oxygen atoms in total. The van der Waals surface area contributed by atoms with Gasteiger partial charge in [-0.15, -0.1) is 0 Å². The molecule has 7 heteroatoms. The lowest BCUT2D eigenvalue weighted by atomic mass is 10.1. The number of hydrogen-bond acceptors (Lipinski definition) is 6. The van der Waals surface area contributed by atoms with E-state index in [1.165, 1.54) is 19.4 Å². The molecule has 0 bridgehead atoms. The van der Waals surface area contributed by atoms with Crippen molar-refractivity contribution < 1.29 is 4.74 Å². The van der Waals surface area contributed by atoms with Crippen molar-refractivity contribution in [2.24, 2.45) is 0 Å². The van der Waals surface area contributed by atoms with Gasteiger partial charge in [-0.1, -0.05) is 39.8 Å². The summed E-state index contributed by atoms with van der Waals surface area (Å²) in [6.45, 7) is 2.10. The second-order valence-corrected chi connectivity index (χ2v) is 9.48. The second kappa shape index (κ2) is 9.98. The van der Waals surface area contributed by atoms with E-state index in [4.69, 9.17) is 14.7 Å². The van der Waals surface area contributed by atoms with Gasteiger partial charge in [0.15, 0.2) is 5.82 Å². The molecule has 2 heterocycles. The van der Waals surface area contributed by atoms with E-state index in [2.05, 4.69) is 39.3 Å². The van der Waals surface area contributed by atoms with Gasteiger partial charge in [0.05, 0.1) is 18.1 Å². The monoisotopic (exact) mass is 486 g/mol. The predicted molar refractivity (Wildman–Crippen MR) is 129 cm³/mol. The van der Waals surface area contributed by atoms with Crippen LogP contribution >= 0.6 is 27.7 Å². The second-order valence-electron chi connectivity index (χ2n) is 7.60. The van der Waals surface area contributed by atoms with E-state index in [0.717, 1.165) is 56.4 Å². The lowest BCUT2D eigenvalue weighted by molar-refractivity contribution is 0.301. The Balaban J connectivity index is 1.53. The van der Waals surface area contributed by atoms with E-state index in [1.807, 2.05) is 36.4 Å². The molecule has 1 fully saturated rings. The predicted octanol–water partition coefficient (Wildman–Crippen LogP) is 5.59. The number of methoxy groups -OCH3 is 1. The summed E-state index contributed by atoms with van der Waals surface area (Å²) in [6.07, 6.45) is 3.70. The molecule has 1 aliphatic heterocycles. The number of halogens is 1. The van der Waals surface area contributed by atoms with Crippen molar-refractivity contribution in [2.45, 2.75) is 36.1 Å². The molecule has 4 rings (SSSR count). The molecule has 1 aliphatic rings. The van der Waals surface area contributed by atoms with Crippen LogP contribution in [0.1, 0.15) is 24.8 Å². The number of nitrogens with zero attached hydrogens (tertiary/aromatic N) is 3. The molecule has 1 aromatic heterocycles. The quantitative estimate of drug-likeness (QED) is 0.418. The molecule has 1 saturated heterocycles. The van der Waals surface area contributed by atoms with Gasteiger partial charge in [-0.3, -0.25) is 0 Å². The van der Waals surface area contributed by atoms with Crippen LogP contribution in [0.2, 0.25) is 0 Å². The number of hydrogen-bond donors (Lipinski definition) is 1. The Morgan fingerprint density at radius 3 is 2.73 bits per heavy atom. The fourth-order valence-corrected chi connectivity index (χ4v) is 5.25. The molecule has 2 aromatic carbocycles. The van der Waals surface area contributed by atoms with Gasteiger partial charge in [0, 0.05) is 28.4 Å². The smallest absolute Gasteiger partial charge is 0.159 e. The zero-order valence-corrected chi connectivity index (χ0v) is 19.8. The van der Waals surface area contributed by atoms with Crippen LogP contribution in [-0.2, 0) is 5.75 Å². The van der Waals surface area contributed by atoms with Crippen molar-refractivity contribution in [1.29, 1.82) is 0 Å². The third kappa shape index (κ3) is 5.07. The topological polar surface area (TPSA) is 50.3 Å². The van der Waals surface area contributed by atoms with E-state index < -0.39 is 0 Å². The van der Waals surface area contributed by atoms with Gasteiger partial charge in [0.1, 0.15) is 10.8 Å². The summed E-state index contributed by atoms with van der Waals surface area (Å²) < 4.78 is 6.57. The number of anilines is 1. The van der Waals surface area contributed by atoms with E-state index in [9.17, 15) is 0 Å². The number of benzene rings is 2. The van der Waals surface area contributed by atoms with Crippen molar-refractivity contribution in [2.75, 3.05) is 32.6 Å². The summed E-state index contributed by atoms with van der Waals surface area (Å²) in [7, 11) is 3.93. The van der Waals surface area contributed by atoms with Gasteiger partial charge in [0.25, 0.3) is 0 Å². The Hall–Kier alpha value is -1.83. The van der Waals surface area contributed by atoms with Crippen LogP contribution in [0.4, 0.5) is 5.82 Å². The summed E-state index contributed by atoms with van der Waals surface area (Å²) >= 11 is 5.25. The number of thioether (sulfide) groups is 1. The number of likely N-dealkylation sites (tertiary alicyclic amines) is 1. The zero-order chi connectivity index (χ0) is 20.9. The Morgan fingerprint density at radius 1 is 1.20 bits per heavy atom. The first kappa shape index (κ1) is 21.4. The van der Waals surface area contributed by atoms with E-state index >= 15 is 0 Å². The van der Waals surface area contributed by atoms with Gasteiger partial charge in [-0.05, 0) is 63.2 Å². The summed E-state index contributed by atoms with van der Waals surface area (Å²) in [5.74, 6) is 2.52. The van der Waals surface area contributed by atoms with Crippen LogP contribution in [0.3, 0.4) is 0 Å². The summed E-state index contributed by atoms with van der Waals surface area (Å²) in [5.41, 5.74) is 2.97. The highest BCUT2D eigenvalue weighted by Gasteiger charge is 2.20. The molecule has 1 unspecified atom stereocenters. The van der Waals surface area contributed by atoms with Crippen molar-refractivity contribution in [3.8, 4) is 5.75 Å². The van der Waals surface area contributed by atoms with Gasteiger partial charge < -0.3 is 15.0 Å². The number of fused-ring (bicyclic) bond motifs is 1. The number of rotatable bonds is 8. The van der Waals surface area contributed by atoms with Crippen LogP contribution in [-0.4, -0.2) is 48.2 Å². The van der Waals surface area contributed by atoms with Gasteiger partial charge >= 0.3 is 0 Å². The van der Waals surface area contributed by atoms with Gasteiger partial charge in [-0.2, -0.15) is 0 Å². The normalized spacial score (nSPS) is 16.8. The Morgan fingerprint density at radius 2 is 2.00 bits per heavy atom. The van der Waals surface area contributed by atoms with Gasteiger partial charge in [0.2, 0.25) is 0 Å². The SMILES string of the molecule is COc1ccc(Br)cc1CSc1nc2ccccc2nc1NCCC1CCCN1C. The average Bonchev–Trinajstić information content (AvgIpc) is 3.17.